The highest BCUT2D eigenvalue weighted by Crippen LogP contribution is 2.61. The summed E-state index contributed by atoms with van der Waals surface area (Å²) in [5.41, 5.74) is 3.02. The molecule has 0 aromatic carbocycles. The van der Waals surface area contributed by atoms with Gasteiger partial charge in [0.2, 0.25) is 0 Å². The highest BCUT2D eigenvalue weighted by Gasteiger charge is 2.50. The van der Waals surface area contributed by atoms with E-state index in [2.05, 4.69) is 25.3 Å². The van der Waals surface area contributed by atoms with Crippen molar-refractivity contribution in [3.05, 3.63) is 36.5 Å². The maximum atomic E-state index is 4.31. The molecule has 3 aliphatic rings. The van der Waals surface area contributed by atoms with Crippen molar-refractivity contribution in [3.63, 3.8) is 0 Å². The second-order valence-corrected chi connectivity index (χ2v) is 5.55. The topological polar surface area (TPSA) is 0 Å². The smallest absolute Gasteiger partial charge is 0.0166 e. The minimum Gasteiger partial charge on any atom is -0.0949 e. The van der Waals surface area contributed by atoms with Crippen molar-refractivity contribution in [2.45, 2.75) is 38.5 Å². The molecule has 3 rings (SSSR count). The molecule has 0 aromatic heterocycles. The van der Waals surface area contributed by atoms with E-state index in [-0.39, 0.29) is 0 Å². The van der Waals surface area contributed by atoms with Crippen LogP contribution in [0.15, 0.2) is 36.5 Å². The van der Waals surface area contributed by atoms with Gasteiger partial charge in [-0.2, -0.15) is 0 Å². The molecular weight excluding hydrogens is 180 g/mol. The quantitative estimate of drug-likeness (QED) is 0.555. The predicted octanol–water partition coefficient (Wildman–Crippen LogP) is 4.26. The molecule has 2 atom stereocenters. The van der Waals surface area contributed by atoms with E-state index in [1.807, 2.05) is 0 Å². The second kappa shape index (κ2) is 3.10. The molecule has 80 valence electrons. The van der Waals surface area contributed by atoms with Crippen molar-refractivity contribution in [2.75, 3.05) is 0 Å². The molecule has 2 fully saturated rings. The first kappa shape index (κ1) is 9.45. The fourth-order valence-electron chi connectivity index (χ4n) is 3.94. The van der Waals surface area contributed by atoms with Crippen molar-refractivity contribution in [1.82, 2.24) is 0 Å². The SMILES string of the molecule is C=C1C(=C)C2(C3CCCCC3)C=CC1C2. The second-order valence-electron chi connectivity index (χ2n) is 5.55. The molecule has 0 aliphatic heterocycles. The zero-order valence-electron chi connectivity index (χ0n) is 9.47. The van der Waals surface area contributed by atoms with Crippen LogP contribution in [0, 0.1) is 17.3 Å². The van der Waals surface area contributed by atoms with Crippen LogP contribution in [0.1, 0.15) is 38.5 Å². The molecule has 0 radical (unpaired) electrons. The fourth-order valence-corrected chi connectivity index (χ4v) is 3.94. The van der Waals surface area contributed by atoms with Gasteiger partial charge in [0.15, 0.2) is 0 Å². The average molecular weight is 200 g/mol. The molecular formula is C15H20. The molecule has 0 saturated heterocycles. The van der Waals surface area contributed by atoms with Crippen LogP contribution in [0.5, 0.6) is 0 Å². The molecule has 15 heavy (non-hydrogen) atoms. The van der Waals surface area contributed by atoms with Crippen LogP contribution in [-0.2, 0) is 0 Å². The first-order valence-electron chi connectivity index (χ1n) is 6.32. The molecule has 0 spiro atoms. The summed E-state index contributed by atoms with van der Waals surface area (Å²) >= 11 is 0. The van der Waals surface area contributed by atoms with E-state index in [4.69, 9.17) is 0 Å². The maximum absolute atomic E-state index is 4.31. The summed E-state index contributed by atoms with van der Waals surface area (Å²) in [4.78, 5) is 0. The highest BCUT2D eigenvalue weighted by atomic mass is 14.5. The molecule has 2 unspecified atom stereocenters. The van der Waals surface area contributed by atoms with Gasteiger partial charge in [-0.1, -0.05) is 44.6 Å². The number of fused-ring (bicyclic) bond motifs is 2. The summed E-state index contributed by atoms with van der Waals surface area (Å²) in [5, 5.41) is 0. The molecule has 2 bridgehead atoms. The minimum absolute atomic E-state index is 0.335. The van der Waals surface area contributed by atoms with E-state index in [9.17, 15) is 0 Å². The predicted molar refractivity (Wildman–Crippen MR) is 64.5 cm³/mol. The van der Waals surface area contributed by atoms with E-state index in [0.717, 1.165) is 5.92 Å². The van der Waals surface area contributed by atoms with Crippen LogP contribution in [0.3, 0.4) is 0 Å². The summed E-state index contributed by atoms with van der Waals surface area (Å²) in [6, 6.07) is 0. The Labute approximate surface area is 92.8 Å². The normalized spacial score (nSPS) is 40.4. The highest BCUT2D eigenvalue weighted by molar-refractivity contribution is 5.50. The molecule has 0 heterocycles. The number of hydrogen-bond donors (Lipinski definition) is 0. The van der Waals surface area contributed by atoms with Crippen LogP contribution >= 0.6 is 0 Å². The van der Waals surface area contributed by atoms with Crippen LogP contribution in [0.25, 0.3) is 0 Å². The van der Waals surface area contributed by atoms with Gasteiger partial charge in [-0.05, 0) is 36.3 Å². The van der Waals surface area contributed by atoms with Crippen molar-refractivity contribution < 1.29 is 0 Å². The van der Waals surface area contributed by atoms with Gasteiger partial charge in [0.25, 0.3) is 0 Å². The molecule has 0 amide bonds. The van der Waals surface area contributed by atoms with Gasteiger partial charge in [0, 0.05) is 11.3 Å². The lowest BCUT2D eigenvalue weighted by Crippen LogP contribution is -2.28. The zero-order chi connectivity index (χ0) is 10.5. The van der Waals surface area contributed by atoms with Gasteiger partial charge in [0.1, 0.15) is 0 Å². The van der Waals surface area contributed by atoms with Gasteiger partial charge >= 0.3 is 0 Å². The van der Waals surface area contributed by atoms with Crippen LogP contribution in [0.4, 0.5) is 0 Å². The molecule has 0 aromatic rings. The molecule has 0 N–H and O–H groups in total. The Balaban J connectivity index is 1.93. The summed E-state index contributed by atoms with van der Waals surface area (Å²) in [6.45, 7) is 8.52. The Kier molecular flexibility index (Phi) is 1.95. The lowest BCUT2D eigenvalue weighted by Gasteiger charge is -2.38. The van der Waals surface area contributed by atoms with Crippen molar-refractivity contribution >= 4 is 0 Å². The minimum atomic E-state index is 0.335. The summed E-state index contributed by atoms with van der Waals surface area (Å²) in [6.07, 6.45) is 13.2. The third-order valence-corrected chi connectivity index (χ3v) is 4.91. The summed E-state index contributed by atoms with van der Waals surface area (Å²) in [7, 11) is 0. The van der Waals surface area contributed by atoms with Crippen molar-refractivity contribution in [3.8, 4) is 0 Å². The monoisotopic (exact) mass is 200 g/mol. The molecule has 3 aliphatic carbocycles. The number of hydrogen-bond acceptors (Lipinski definition) is 0. The van der Waals surface area contributed by atoms with E-state index < -0.39 is 0 Å². The number of rotatable bonds is 1. The molecule has 0 heteroatoms. The summed E-state index contributed by atoms with van der Waals surface area (Å²) < 4.78 is 0. The van der Waals surface area contributed by atoms with Gasteiger partial charge < -0.3 is 0 Å². The Morgan fingerprint density at radius 3 is 2.47 bits per heavy atom. The van der Waals surface area contributed by atoms with E-state index in [1.165, 1.54) is 49.7 Å². The lowest BCUT2D eigenvalue weighted by molar-refractivity contribution is 0.216. The summed E-state index contributed by atoms with van der Waals surface area (Å²) in [5.74, 6) is 1.48. The third-order valence-electron chi connectivity index (χ3n) is 4.91. The maximum Gasteiger partial charge on any atom is 0.0166 e. The Morgan fingerprint density at radius 2 is 1.87 bits per heavy atom. The molecule has 0 nitrogen and oxygen atoms in total. The largest absolute Gasteiger partial charge is 0.0949 e. The molecule has 2 saturated carbocycles. The fraction of sp³-hybridized carbons (Fsp3) is 0.600. The van der Waals surface area contributed by atoms with Gasteiger partial charge in [0.05, 0.1) is 0 Å². The van der Waals surface area contributed by atoms with E-state index >= 15 is 0 Å². The number of allylic oxidation sites excluding steroid dienone is 4. The Hall–Kier alpha value is -0.780. The van der Waals surface area contributed by atoms with Gasteiger partial charge in [-0.15, -0.1) is 0 Å². The lowest BCUT2D eigenvalue weighted by atomic mass is 9.66. The average Bonchev–Trinajstić information content (AvgIpc) is 2.82. The van der Waals surface area contributed by atoms with E-state index in [0.29, 0.717) is 11.3 Å². The Morgan fingerprint density at radius 1 is 1.13 bits per heavy atom. The van der Waals surface area contributed by atoms with Crippen LogP contribution in [-0.4, -0.2) is 0 Å². The standard InChI is InChI=1S/C15H20/c1-11-12(2)15(9-8-13(11)10-15)14-6-4-3-5-7-14/h8-9,13-14H,1-7,10H2. The van der Waals surface area contributed by atoms with Crippen LogP contribution in [0.2, 0.25) is 0 Å². The van der Waals surface area contributed by atoms with Crippen LogP contribution < -0.4 is 0 Å². The zero-order valence-corrected chi connectivity index (χ0v) is 9.47. The Bertz CT molecular complexity index is 341. The first-order chi connectivity index (χ1) is 7.24. The van der Waals surface area contributed by atoms with Gasteiger partial charge in [-0.25, -0.2) is 0 Å². The van der Waals surface area contributed by atoms with Crippen molar-refractivity contribution in [2.24, 2.45) is 17.3 Å². The first-order valence-corrected chi connectivity index (χ1v) is 6.32. The third kappa shape index (κ3) is 1.14. The van der Waals surface area contributed by atoms with E-state index in [1.54, 1.807) is 0 Å². The van der Waals surface area contributed by atoms with Gasteiger partial charge in [-0.3, -0.25) is 0 Å². The van der Waals surface area contributed by atoms with Crippen molar-refractivity contribution in [1.29, 1.82) is 0 Å².